The van der Waals surface area contributed by atoms with Gasteiger partial charge in [0.1, 0.15) is 0 Å². The molecule has 86 valence electrons. The van der Waals surface area contributed by atoms with Crippen LogP contribution in [0, 0.1) is 3.57 Å². The van der Waals surface area contributed by atoms with Crippen molar-refractivity contribution in [1.82, 2.24) is 0 Å². The third kappa shape index (κ3) is 2.97. The minimum Gasteiger partial charge on any atom is -0.504 e. The lowest BCUT2D eigenvalue weighted by atomic mass is 10.2. The molecule has 0 heterocycles. The zero-order valence-corrected chi connectivity index (χ0v) is 11.0. The first-order valence-corrected chi connectivity index (χ1v) is 6.05. The summed E-state index contributed by atoms with van der Waals surface area (Å²) in [7, 11) is 0. The molecule has 0 saturated heterocycles. The molecular weight excluding hydrogens is 329 g/mol. The summed E-state index contributed by atoms with van der Waals surface area (Å²) in [6, 6.07) is 12.5. The van der Waals surface area contributed by atoms with Gasteiger partial charge in [0.2, 0.25) is 0 Å². The molecule has 4 heteroatoms. The van der Waals surface area contributed by atoms with Crippen LogP contribution < -0.4 is 0 Å². The van der Waals surface area contributed by atoms with Gasteiger partial charge in [-0.05, 0) is 59.0 Å². The van der Waals surface area contributed by atoms with Gasteiger partial charge in [-0.15, -0.1) is 0 Å². The second-order valence-corrected chi connectivity index (χ2v) is 4.70. The van der Waals surface area contributed by atoms with Crippen LogP contribution in [-0.4, -0.2) is 16.4 Å². The Hall–Kier alpha value is -1.56. The lowest BCUT2D eigenvalue weighted by Crippen LogP contribution is -1.82. The molecule has 0 spiro atoms. The summed E-state index contributed by atoms with van der Waals surface area (Å²) in [4.78, 5) is 4.22. The Morgan fingerprint density at radius 2 is 1.71 bits per heavy atom. The number of phenolic OH excluding ortho intramolecular Hbond substituents is 2. The highest BCUT2D eigenvalue weighted by Gasteiger charge is 2.02. The first-order chi connectivity index (χ1) is 8.16. The van der Waals surface area contributed by atoms with Gasteiger partial charge in [-0.2, -0.15) is 0 Å². The zero-order valence-electron chi connectivity index (χ0n) is 8.84. The predicted molar refractivity (Wildman–Crippen MR) is 76.2 cm³/mol. The number of nitrogens with zero attached hydrogens (tertiary/aromatic N) is 1. The van der Waals surface area contributed by atoms with E-state index in [1.54, 1.807) is 12.1 Å². The molecule has 2 aromatic carbocycles. The van der Waals surface area contributed by atoms with Crippen LogP contribution in [-0.2, 0) is 0 Å². The van der Waals surface area contributed by atoms with Crippen molar-refractivity contribution in [1.29, 1.82) is 0 Å². The van der Waals surface area contributed by atoms with Crippen molar-refractivity contribution >= 4 is 34.5 Å². The molecule has 0 bridgehead atoms. The average Bonchev–Trinajstić information content (AvgIpc) is 2.33. The monoisotopic (exact) mass is 339 g/mol. The van der Waals surface area contributed by atoms with E-state index in [-0.39, 0.29) is 11.5 Å². The Kier molecular flexibility index (Phi) is 3.63. The van der Waals surface area contributed by atoms with E-state index < -0.39 is 0 Å². The van der Waals surface area contributed by atoms with Gasteiger partial charge >= 0.3 is 0 Å². The number of para-hydroxylation sites is 1. The molecule has 0 unspecified atom stereocenters. The van der Waals surface area contributed by atoms with Crippen molar-refractivity contribution in [2.45, 2.75) is 0 Å². The van der Waals surface area contributed by atoms with Crippen molar-refractivity contribution in [2.75, 3.05) is 0 Å². The minimum atomic E-state index is -0.151. The van der Waals surface area contributed by atoms with Gasteiger partial charge in [0.05, 0.1) is 5.69 Å². The van der Waals surface area contributed by atoms with Crippen molar-refractivity contribution in [3.8, 4) is 11.5 Å². The van der Waals surface area contributed by atoms with E-state index in [2.05, 4.69) is 27.6 Å². The lowest BCUT2D eigenvalue weighted by molar-refractivity contribution is 0.403. The van der Waals surface area contributed by atoms with E-state index in [0.717, 1.165) is 9.26 Å². The summed E-state index contributed by atoms with van der Waals surface area (Å²) in [6.45, 7) is 0. The lowest BCUT2D eigenvalue weighted by Gasteiger charge is -2.00. The van der Waals surface area contributed by atoms with Gasteiger partial charge in [0.15, 0.2) is 11.5 Å². The van der Waals surface area contributed by atoms with Crippen LogP contribution in [0.2, 0.25) is 0 Å². The first-order valence-electron chi connectivity index (χ1n) is 4.97. The molecule has 0 radical (unpaired) electrons. The topological polar surface area (TPSA) is 52.8 Å². The van der Waals surface area contributed by atoms with Crippen LogP contribution in [0.25, 0.3) is 0 Å². The summed E-state index contributed by atoms with van der Waals surface area (Å²) in [5.74, 6) is -0.293. The quantitative estimate of drug-likeness (QED) is 0.500. The van der Waals surface area contributed by atoms with E-state index in [4.69, 9.17) is 0 Å². The zero-order chi connectivity index (χ0) is 12.3. The number of aromatic hydroxyl groups is 2. The van der Waals surface area contributed by atoms with Gasteiger partial charge in [0.25, 0.3) is 0 Å². The van der Waals surface area contributed by atoms with Gasteiger partial charge < -0.3 is 10.2 Å². The molecule has 3 nitrogen and oxygen atoms in total. The molecule has 0 aromatic heterocycles. The Bertz CT molecular complexity index is 550. The maximum Gasteiger partial charge on any atom is 0.166 e. The summed E-state index contributed by atoms with van der Waals surface area (Å²) in [6.07, 6.45) is 1.53. The van der Waals surface area contributed by atoms with E-state index >= 15 is 0 Å². The highest BCUT2D eigenvalue weighted by molar-refractivity contribution is 14.1. The number of hydrogen-bond acceptors (Lipinski definition) is 3. The maximum atomic E-state index is 9.58. The Balaban J connectivity index is 2.26. The van der Waals surface area contributed by atoms with Crippen molar-refractivity contribution in [3.63, 3.8) is 0 Å². The van der Waals surface area contributed by atoms with Crippen molar-refractivity contribution < 1.29 is 10.2 Å². The number of benzene rings is 2. The molecule has 0 aliphatic rings. The molecule has 2 N–H and O–H groups in total. The fourth-order valence-electron chi connectivity index (χ4n) is 1.32. The van der Waals surface area contributed by atoms with Gasteiger partial charge in [-0.3, -0.25) is 4.99 Å². The standard InChI is InChI=1S/C13H10INO2/c14-10-4-6-11(7-5-10)15-8-9-2-1-3-12(16)13(9)17/h1-8,16-17H. The highest BCUT2D eigenvalue weighted by atomic mass is 127. The Morgan fingerprint density at radius 1 is 1.00 bits per heavy atom. The van der Waals surface area contributed by atoms with E-state index in [9.17, 15) is 10.2 Å². The fraction of sp³-hybridized carbons (Fsp3) is 0. The second kappa shape index (κ2) is 5.18. The van der Waals surface area contributed by atoms with Crippen LogP contribution in [0.1, 0.15) is 5.56 Å². The number of rotatable bonds is 2. The minimum absolute atomic E-state index is 0.142. The molecular formula is C13H10INO2. The number of halogens is 1. The summed E-state index contributed by atoms with van der Waals surface area (Å²) in [5.41, 5.74) is 1.29. The molecule has 2 aromatic rings. The average molecular weight is 339 g/mol. The molecule has 0 amide bonds. The van der Waals surface area contributed by atoms with E-state index in [0.29, 0.717) is 5.56 Å². The summed E-state index contributed by atoms with van der Waals surface area (Å²) in [5, 5.41) is 18.9. The van der Waals surface area contributed by atoms with E-state index in [1.807, 2.05) is 24.3 Å². The molecule has 0 atom stereocenters. The maximum absolute atomic E-state index is 9.58. The van der Waals surface area contributed by atoms with Gasteiger partial charge in [0, 0.05) is 15.3 Å². The molecule has 0 fully saturated rings. The largest absolute Gasteiger partial charge is 0.504 e. The first kappa shape index (κ1) is 11.9. The fourth-order valence-corrected chi connectivity index (χ4v) is 1.68. The summed E-state index contributed by atoms with van der Waals surface area (Å²) >= 11 is 2.22. The third-order valence-corrected chi connectivity index (χ3v) is 2.94. The molecule has 17 heavy (non-hydrogen) atoms. The summed E-state index contributed by atoms with van der Waals surface area (Å²) < 4.78 is 1.14. The molecule has 0 aliphatic carbocycles. The SMILES string of the molecule is Oc1cccc(C=Nc2ccc(I)cc2)c1O. The van der Waals surface area contributed by atoms with Gasteiger partial charge in [-0.1, -0.05) is 6.07 Å². The third-order valence-electron chi connectivity index (χ3n) is 2.23. The predicted octanol–water partition coefficient (Wildman–Crippen LogP) is 3.45. The number of phenols is 2. The number of hydrogen-bond donors (Lipinski definition) is 2. The normalized spacial score (nSPS) is 10.9. The van der Waals surface area contributed by atoms with Crippen molar-refractivity contribution in [3.05, 3.63) is 51.6 Å². The van der Waals surface area contributed by atoms with E-state index in [1.165, 1.54) is 12.3 Å². The molecule has 2 rings (SSSR count). The Morgan fingerprint density at radius 3 is 2.41 bits per heavy atom. The van der Waals surface area contributed by atoms with Gasteiger partial charge in [-0.25, -0.2) is 0 Å². The molecule has 0 aliphatic heterocycles. The molecule has 0 saturated carbocycles. The van der Waals surface area contributed by atoms with Crippen LogP contribution >= 0.6 is 22.6 Å². The Labute approximate surface area is 113 Å². The van der Waals surface area contributed by atoms with Crippen LogP contribution in [0.3, 0.4) is 0 Å². The van der Waals surface area contributed by atoms with Crippen LogP contribution in [0.5, 0.6) is 11.5 Å². The number of aliphatic imine (C=N–C) groups is 1. The second-order valence-electron chi connectivity index (χ2n) is 3.45. The van der Waals surface area contributed by atoms with Crippen LogP contribution in [0.4, 0.5) is 5.69 Å². The van der Waals surface area contributed by atoms with Crippen LogP contribution in [0.15, 0.2) is 47.5 Å². The van der Waals surface area contributed by atoms with Crippen molar-refractivity contribution in [2.24, 2.45) is 4.99 Å². The highest BCUT2D eigenvalue weighted by Crippen LogP contribution is 2.27. The smallest absolute Gasteiger partial charge is 0.166 e.